The summed E-state index contributed by atoms with van der Waals surface area (Å²) in [5.41, 5.74) is 0.734. The van der Waals surface area contributed by atoms with Crippen LogP contribution in [-0.4, -0.2) is 49.3 Å². The zero-order valence-electron chi connectivity index (χ0n) is 10.3. The number of carboxylic acid groups (broad SMARTS) is 1. The van der Waals surface area contributed by atoms with Gasteiger partial charge in [-0.25, -0.2) is 10.3 Å². The summed E-state index contributed by atoms with van der Waals surface area (Å²) >= 11 is 0. The van der Waals surface area contributed by atoms with Crippen molar-refractivity contribution in [1.82, 2.24) is 15.5 Å². The number of carbonyl (C=O) groups excluding carboxylic acids is 3. The summed E-state index contributed by atoms with van der Waals surface area (Å²) in [4.78, 5) is 45.2. The van der Waals surface area contributed by atoms with Crippen LogP contribution in [0.3, 0.4) is 0 Å². The Kier molecular flexibility index (Phi) is 5.23. The predicted octanol–water partition coefficient (Wildman–Crippen LogP) is -0.801. The van der Waals surface area contributed by atoms with Crippen molar-refractivity contribution in [2.75, 3.05) is 0 Å². The number of aromatic carboxylic acids is 1. The number of nitrogens with one attached hydrogen (secondary N) is 1. The molecule has 1 aromatic heterocycles. The molecule has 1 aliphatic rings. The van der Waals surface area contributed by atoms with Crippen molar-refractivity contribution in [3.05, 3.63) is 41.7 Å². The first-order valence-corrected chi connectivity index (χ1v) is 5.26. The Morgan fingerprint density at radius 2 is 1.76 bits per heavy atom. The SMILES string of the molecule is O=C(O)c1cccnc1C(=O)NO.O=C1C=CC(=O)N1O. The quantitative estimate of drug-likeness (QED) is 0.313. The molecule has 3 amide bonds. The van der Waals surface area contributed by atoms with Gasteiger partial charge in [-0.15, -0.1) is 5.06 Å². The third-order valence-electron chi connectivity index (χ3n) is 2.14. The van der Waals surface area contributed by atoms with Gasteiger partial charge in [0.05, 0.1) is 5.56 Å². The van der Waals surface area contributed by atoms with E-state index < -0.39 is 23.7 Å². The van der Waals surface area contributed by atoms with Gasteiger partial charge in [0.1, 0.15) is 5.69 Å². The van der Waals surface area contributed by atoms with Crippen LogP contribution in [0.25, 0.3) is 0 Å². The first kappa shape index (κ1) is 15.9. The zero-order valence-corrected chi connectivity index (χ0v) is 10.3. The lowest BCUT2D eigenvalue weighted by Crippen LogP contribution is -2.25. The highest BCUT2D eigenvalue weighted by atomic mass is 16.5. The fraction of sp³-hybridized carbons (Fsp3) is 0. The molecule has 21 heavy (non-hydrogen) atoms. The molecule has 110 valence electrons. The molecule has 0 spiro atoms. The van der Waals surface area contributed by atoms with Crippen LogP contribution < -0.4 is 5.48 Å². The minimum atomic E-state index is -1.27. The topological polar surface area (TPSA) is 157 Å². The number of carbonyl (C=O) groups is 4. The molecule has 0 fully saturated rings. The number of hydroxylamine groups is 3. The van der Waals surface area contributed by atoms with Crippen LogP contribution >= 0.6 is 0 Å². The lowest BCUT2D eigenvalue weighted by Gasteiger charge is -2.00. The average molecular weight is 295 g/mol. The highest BCUT2D eigenvalue weighted by molar-refractivity contribution is 6.11. The fourth-order valence-corrected chi connectivity index (χ4v) is 1.20. The van der Waals surface area contributed by atoms with E-state index >= 15 is 0 Å². The van der Waals surface area contributed by atoms with Gasteiger partial charge in [0.25, 0.3) is 17.7 Å². The number of hydrogen-bond donors (Lipinski definition) is 4. The summed E-state index contributed by atoms with van der Waals surface area (Å²) in [6.07, 6.45) is 3.27. The van der Waals surface area contributed by atoms with Gasteiger partial charge in [-0.2, -0.15) is 0 Å². The van der Waals surface area contributed by atoms with E-state index in [9.17, 15) is 19.2 Å². The van der Waals surface area contributed by atoms with E-state index in [4.69, 9.17) is 15.5 Å². The Bertz CT molecular complexity index is 608. The molecule has 2 rings (SSSR count). The molecule has 1 aliphatic heterocycles. The van der Waals surface area contributed by atoms with Crippen LogP contribution in [0.5, 0.6) is 0 Å². The highest BCUT2D eigenvalue weighted by Gasteiger charge is 2.20. The smallest absolute Gasteiger partial charge is 0.338 e. The maximum Gasteiger partial charge on any atom is 0.338 e. The molecule has 4 N–H and O–H groups in total. The van der Waals surface area contributed by atoms with E-state index in [2.05, 4.69) is 4.98 Å². The number of aromatic nitrogens is 1. The second-order valence-corrected chi connectivity index (χ2v) is 3.47. The second-order valence-electron chi connectivity index (χ2n) is 3.47. The number of nitrogens with zero attached hydrogens (tertiary/aromatic N) is 2. The third kappa shape index (κ3) is 3.92. The van der Waals surface area contributed by atoms with Crippen molar-refractivity contribution >= 4 is 23.7 Å². The summed E-state index contributed by atoms with van der Waals surface area (Å²) in [6.45, 7) is 0. The highest BCUT2D eigenvalue weighted by Crippen LogP contribution is 2.04. The van der Waals surface area contributed by atoms with Crippen LogP contribution in [0.1, 0.15) is 20.8 Å². The fourth-order valence-electron chi connectivity index (χ4n) is 1.20. The summed E-state index contributed by atoms with van der Waals surface area (Å²) in [5.74, 6) is -3.59. The number of imide groups is 1. The molecule has 2 heterocycles. The van der Waals surface area contributed by atoms with Crippen LogP contribution in [0.4, 0.5) is 0 Å². The standard InChI is InChI=1S/C7H6N2O4.C4H3NO3/c10-6(9-13)5-4(7(11)12)2-1-3-8-5;6-3-1-2-4(7)5(3)8/h1-3,13H,(H,9,10)(H,11,12);1-2,8H. The Hall–Kier alpha value is -3.11. The molecule has 0 saturated heterocycles. The lowest BCUT2D eigenvalue weighted by atomic mass is 10.2. The van der Waals surface area contributed by atoms with Crippen LogP contribution in [0.2, 0.25) is 0 Å². The number of amides is 3. The monoisotopic (exact) mass is 295 g/mol. The molecule has 0 aromatic carbocycles. The van der Waals surface area contributed by atoms with Gasteiger partial charge in [0.15, 0.2) is 0 Å². The zero-order chi connectivity index (χ0) is 16.0. The number of carboxylic acids is 1. The number of pyridine rings is 1. The molecule has 10 heteroatoms. The molecule has 0 unspecified atom stereocenters. The molecule has 0 radical (unpaired) electrons. The summed E-state index contributed by atoms with van der Waals surface area (Å²) in [6, 6.07) is 2.61. The summed E-state index contributed by atoms with van der Waals surface area (Å²) < 4.78 is 0. The van der Waals surface area contributed by atoms with E-state index in [1.165, 1.54) is 23.8 Å². The Labute approximate surface area is 116 Å². The summed E-state index contributed by atoms with van der Waals surface area (Å²) in [7, 11) is 0. The van der Waals surface area contributed by atoms with Crippen molar-refractivity contribution in [3.8, 4) is 0 Å². The molecule has 0 saturated carbocycles. The molecule has 0 aliphatic carbocycles. The molecule has 0 atom stereocenters. The van der Waals surface area contributed by atoms with Crippen LogP contribution in [0, 0.1) is 0 Å². The molecular weight excluding hydrogens is 286 g/mol. The Balaban J connectivity index is 0.000000235. The van der Waals surface area contributed by atoms with E-state index in [0.29, 0.717) is 0 Å². The van der Waals surface area contributed by atoms with Gasteiger partial charge >= 0.3 is 5.97 Å². The van der Waals surface area contributed by atoms with Crippen molar-refractivity contribution in [3.63, 3.8) is 0 Å². The minimum absolute atomic E-state index is 0.0556. The van der Waals surface area contributed by atoms with Gasteiger partial charge in [-0.1, -0.05) is 0 Å². The van der Waals surface area contributed by atoms with Crippen molar-refractivity contribution in [2.24, 2.45) is 0 Å². The lowest BCUT2D eigenvalue weighted by molar-refractivity contribution is -0.169. The summed E-state index contributed by atoms with van der Waals surface area (Å²) in [5, 5.41) is 25.3. The van der Waals surface area contributed by atoms with Crippen molar-refractivity contribution in [2.45, 2.75) is 0 Å². The van der Waals surface area contributed by atoms with E-state index in [1.54, 1.807) is 0 Å². The Morgan fingerprint density at radius 3 is 2.14 bits per heavy atom. The maximum absolute atomic E-state index is 10.9. The van der Waals surface area contributed by atoms with Crippen LogP contribution in [-0.2, 0) is 9.59 Å². The van der Waals surface area contributed by atoms with E-state index in [-0.39, 0.29) is 16.3 Å². The number of hydrogen-bond acceptors (Lipinski definition) is 7. The second kappa shape index (κ2) is 6.88. The maximum atomic E-state index is 10.9. The molecule has 0 bridgehead atoms. The molecular formula is C11H9N3O7. The van der Waals surface area contributed by atoms with Crippen LogP contribution in [0.15, 0.2) is 30.5 Å². The van der Waals surface area contributed by atoms with Gasteiger partial charge < -0.3 is 5.11 Å². The average Bonchev–Trinajstić information content (AvgIpc) is 2.78. The van der Waals surface area contributed by atoms with Crippen molar-refractivity contribution < 1.29 is 34.7 Å². The number of rotatable bonds is 2. The van der Waals surface area contributed by atoms with Gasteiger partial charge in [-0.3, -0.25) is 29.8 Å². The minimum Gasteiger partial charge on any atom is -0.478 e. The molecule has 1 aromatic rings. The first-order chi connectivity index (χ1) is 9.88. The normalized spacial score (nSPS) is 12.8. The van der Waals surface area contributed by atoms with Gasteiger partial charge in [-0.05, 0) is 12.1 Å². The van der Waals surface area contributed by atoms with Gasteiger partial charge in [0.2, 0.25) is 0 Å². The largest absolute Gasteiger partial charge is 0.478 e. The Morgan fingerprint density at radius 1 is 1.19 bits per heavy atom. The van der Waals surface area contributed by atoms with E-state index in [0.717, 1.165) is 12.2 Å². The van der Waals surface area contributed by atoms with Crippen molar-refractivity contribution in [1.29, 1.82) is 0 Å². The van der Waals surface area contributed by atoms with E-state index in [1.807, 2.05) is 0 Å². The predicted molar refractivity (Wildman–Crippen MR) is 63.2 cm³/mol. The first-order valence-electron chi connectivity index (χ1n) is 5.26. The molecule has 10 nitrogen and oxygen atoms in total. The van der Waals surface area contributed by atoms with Gasteiger partial charge in [0, 0.05) is 18.3 Å². The third-order valence-corrected chi connectivity index (χ3v) is 2.14.